The summed E-state index contributed by atoms with van der Waals surface area (Å²) in [5.41, 5.74) is 1.34. The van der Waals surface area contributed by atoms with Crippen LogP contribution in [0.2, 0.25) is 5.02 Å². The van der Waals surface area contributed by atoms with Gasteiger partial charge >= 0.3 is 0 Å². The number of hydrogen-bond donors (Lipinski definition) is 1. The molecule has 1 aliphatic rings. The molecule has 1 saturated heterocycles. The molecule has 0 atom stereocenters. The molecule has 146 valence electrons. The Morgan fingerprint density at radius 3 is 2.93 bits per heavy atom. The van der Waals surface area contributed by atoms with Crippen LogP contribution in [-0.2, 0) is 11.5 Å². The standard InChI is InChI=1S/C19H25ClN4O3/c1-15-13-16(3-4-17(15)20)27-14-24-8-5-18(22-24)19(25)21-6-2-7-23-9-11-26-12-10-23/h3-5,8,13H,2,6-7,9-12,14H2,1H3,(H,21,25). The summed E-state index contributed by atoms with van der Waals surface area (Å²) >= 11 is 6.01. The van der Waals surface area contributed by atoms with Crippen molar-refractivity contribution in [2.24, 2.45) is 0 Å². The third-order valence-electron chi connectivity index (χ3n) is 4.41. The molecule has 0 saturated carbocycles. The van der Waals surface area contributed by atoms with E-state index in [0.29, 0.717) is 23.0 Å². The van der Waals surface area contributed by atoms with Crippen molar-refractivity contribution in [1.82, 2.24) is 20.0 Å². The van der Waals surface area contributed by atoms with Crippen molar-refractivity contribution in [3.8, 4) is 5.75 Å². The number of halogens is 1. The Morgan fingerprint density at radius 1 is 1.33 bits per heavy atom. The van der Waals surface area contributed by atoms with Crippen molar-refractivity contribution in [2.75, 3.05) is 39.4 Å². The predicted molar refractivity (Wildman–Crippen MR) is 103 cm³/mol. The summed E-state index contributed by atoms with van der Waals surface area (Å²) in [5.74, 6) is 0.541. The van der Waals surface area contributed by atoms with Gasteiger partial charge in [-0.25, -0.2) is 4.68 Å². The molecule has 3 rings (SSSR count). The van der Waals surface area contributed by atoms with Crippen molar-refractivity contribution in [1.29, 1.82) is 0 Å². The number of nitrogens with zero attached hydrogens (tertiary/aromatic N) is 3. The molecule has 1 amide bonds. The smallest absolute Gasteiger partial charge is 0.271 e. The van der Waals surface area contributed by atoms with Gasteiger partial charge in [0.15, 0.2) is 6.73 Å². The summed E-state index contributed by atoms with van der Waals surface area (Å²) in [6.07, 6.45) is 2.64. The third-order valence-corrected chi connectivity index (χ3v) is 4.83. The summed E-state index contributed by atoms with van der Waals surface area (Å²) in [6, 6.07) is 7.16. The van der Waals surface area contributed by atoms with Gasteiger partial charge in [-0.1, -0.05) is 11.6 Å². The first-order chi connectivity index (χ1) is 13.1. The molecule has 8 heteroatoms. The van der Waals surface area contributed by atoms with E-state index in [1.165, 1.54) is 0 Å². The zero-order valence-electron chi connectivity index (χ0n) is 15.5. The summed E-state index contributed by atoms with van der Waals surface area (Å²) in [5, 5.41) is 7.87. The molecule has 27 heavy (non-hydrogen) atoms. The maximum atomic E-state index is 12.2. The van der Waals surface area contributed by atoms with Crippen molar-refractivity contribution in [2.45, 2.75) is 20.1 Å². The number of aromatic nitrogens is 2. The molecule has 1 N–H and O–H groups in total. The number of ether oxygens (including phenoxy) is 2. The average molecular weight is 393 g/mol. The highest BCUT2D eigenvalue weighted by atomic mass is 35.5. The predicted octanol–water partition coefficient (Wildman–Crippen LogP) is 2.33. The second-order valence-electron chi connectivity index (χ2n) is 6.49. The second kappa shape index (κ2) is 9.73. The van der Waals surface area contributed by atoms with Gasteiger partial charge in [-0.15, -0.1) is 0 Å². The lowest BCUT2D eigenvalue weighted by molar-refractivity contribution is 0.0374. The molecule has 0 aliphatic carbocycles. The van der Waals surface area contributed by atoms with Crippen LogP contribution < -0.4 is 10.1 Å². The molecule has 0 bridgehead atoms. The number of benzene rings is 1. The van der Waals surface area contributed by atoms with Crippen LogP contribution in [0, 0.1) is 6.92 Å². The van der Waals surface area contributed by atoms with Crippen LogP contribution in [0.5, 0.6) is 5.75 Å². The van der Waals surface area contributed by atoms with Crippen molar-refractivity contribution >= 4 is 17.5 Å². The highest BCUT2D eigenvalue weighted by Crippen LogP contribution is 2.21. The molecule has 1 aromatic carbocycles. The number of aryl methyl sites for hydroxylation is 1. The number of morpholine rings is 1. The Labute approximate surface area is 164 Å². The molecule has 2 aromatic rings. The van der Waals surface area contributed by atoms with Crippen molar-refractivity contribution in [3.05, 3.63) is 46.7 Å². The number of rotatable bonds is 8. The monoisotopic (exact) mass is 392 g/mol. The first kappa shape index (κ1) is 19.7. The first-order valence-corrected chi connectivity index (χ1v) is 9.50. The van der Waals surface area contributed by atoms with E-state index in [0.717, 1.165) is 44.8 Å². The van der Waals surface area contributed by atoms with Gasteiger partial charge in [-0.05, 0) is 49.7 Å². The van der Waals surface area contributed by atoms with E-state index < -0.39 is 0 Å². The van der Waals surface area contributed by atoms with Crippen LogP contribution in [0.25, 0.3) is 0 Å². The van der Waals surface area contributed by atoms with Crippen LogP contribution in [0.3, 0.4) is 0 Å². The molecule has 2 heterocycles. The van der Waals surface area contributed by atoms with Gasteiger partial charge in [0.2, 0.25) is 0 Å². The largest absolute Gasteiger partial charge is 0.471 e. The lowest BCUT2D eigenvalue weighted by Crippen LogP contribution is -2.38. The topological polar surface area (TPSA) is 68.6 Å². The SMILES string of the molecule is Cc1cc(OCn2ccc(C(=O)NCCCN3CCOCC3)n2)ccc1Cl. The summed E-state index contributed by atoms with van der Waals surface area (Å²) in [4.78, 5) is 14.5. The van der Waals surface area contributed by atoms with E-state index in [9.17, 15) is 4.79 Å². The summed E-state index contributed by atoms with van der Waals surface area (Å²) < 4.78 is 12.6. The Bertz CT molecular complexity index is 759. The Morgan fingerprint density at radius 2 is 2.15 bits per heavy atom. The van der Waals surface area contributed by atoms with Gasteiger partial charge in [0, 0.05) is 30.9 Å². The lowest BCUT2D eigenvalue weighted by atomic mass is 10.2. The fourth-order valence-electron chi connectivity index (χ4n) is 2.82. The van der Waals surface area contributed by atoms with Gasteiger partial charge in [0.25, 0.3) is 5.91 Å². The Balaban J connectivity index is 1.39. The normalized spacial score (nSPS) is 14.9. The minimum atomic E-state index is -0.168. The minimum absolute atomic E-state index is 0.168. The molecule has 1 aromatic heterocycles. The highest BCUT2D eigenvalue weighted by molar-refractivity contribution is 6.31. The van der Waals surface area contributed by atoms with Gasteiger partial charge in [-0.3, -0.25) is 9.69 Å². The van der Waals surface area contributed by atoms with Gasteiger partial charge in [-0.2, -0.15) is 5.10 Å². The number of carbonyl (C=O) groups excluding carboxylic acids is 1. The first-order valence-electron chi connectivity index (χ1n) is 9.12. The van der Waals surface area contributed by atoms with E-state index in [-0.39, 0.29) is 12.6 Å². The molecule has 0 radical (unpaired) electrons. The number of amides is 1. The summed E-state index contributed by atoms with van der Waals surface area (Å²) in [6.45, 7) is 7.26. The van der Waals surface area contributed by atoms with Gasteiger partial charge in [0.05, 0.1) is 13.2 Å². The van der Waals surface area contributed by atoms with E-state index in [4.69, 9.17) is 21.1 Å². The zero-order valence-corrected chi connectivity index (χ0v) is 16.2. The molecular weight excluding hydrogens is 368 g/mol. The molecule has 1 fully saturated rings. The quantitative estimate of drug-likeness (QED) is 0.698. The molecule has 1 aliphatic heterocycles. The average Bonchev–Trinajstić information content (AvgIpc) is 3.16. The maximum absolute atomic E-state index is 12.2. The molecule has 0 unspecified atom stereocenters. The van der Waals surface area contributed by atoms with Gasteiger partial charge in [0.1, 0.15) is 11.4 Å². The van der Waals surface area contributed by atoms with E-state index >= 15 is 0 Å². The Kier molecular flexibility index (Phi) is 7.09. The minimum Gasteiger partial charge on any atom is -0.471 e. The highest BCUT2D eigenvalue weighted by Gasteiger charge is 2.11. The third kappa shape index (κ3) is 5.95. The van der Waals surface area contributed by atoms with Crippen LogP contribution in [0.4, 0.5) is 0 Å². The van der Waals surface area contributed by atoms with Crippen LogP contribution in [0.1, 0.15) is 22.5 Å². The number of nitrogens with one attached hydrogen (secondary N) is 1. The lowest BCUT2D eigenvalue weighted by Gasteiger charge is -2.26. The fraction of sp³-hybridized carbons (Fsp3) is 0.474. The van der Waals surface area contributed by atoms with Crippen LogP contribution in [0.15, 0.2) is 30.5 Å². The number of carbonyl (C=O) groups is 1. The maximum Gasteiger partial charge on any atom is 0.271 e. The van der Waals surface area contributed by atoms with Crippen LogP contribution >= 0.6 is 11.6 Å². The molecular formula is C19H25ClN4O3. The van der Waals surface area contributed by atoms with Crippen molar-refractivity contribution in [3.63, 3.8) is 0 Å². The zero-order chi connectivity index (χ0) is 19.1. The van der Waals surface area contributed by atoms with Crippen molar-refractivity contribution < 1.29 is 14.3 Å². The van der Waals surface area contributed by atoms with E-state index in [1.807, 2.05) is 13.0 Å². The van der Waals surface area contributed by atoms with E-state index in [1.54, 1.807) is 29.1 Å². The second-order valence-corrected chi connectivity index (χ2v) is 6.90. The van der Waals surface area contributed by atoms with E-state index in [2.05, 4.69) is 15.3 Å². The molecule has 0 spiro atoms. The Hall–Kier alpha value is -2.09. The van der Waals surface area contributed by atoms with Gasteiger partial charge < -0.3 is 14.8 Å². The molecule has 7 nitrogen and oxygen atoms in total. The number of hydrogen-bond acceptors (Lipinski definition) is 5. The summed E-state index contributed by atoms with van der Waals surface area (Å²) in [7, 11) is 0. The van der Waals surface area contributed by atoms with Crippen LogP contribution in [-0.4, -0.2) is 60.0 Å². The fourth-order valence-corrected chi connectivity index (χ4v) is 2.94.